The van der Waals surface area contributed by atoms with E-state index in [0.29, 0.717) is 31.0 Å². The molecule has 6 nitrogen and oxygen atoms in total. The van der Waals surface area contributed by atoms with Crippen LogP contribution in [0.2, 0.25) is 0 Å². The summed E-state index contributed by atoms with van der Waals surface area (Å²) < 4.78 is 7.05. The van der Waals surface area contributed by atoms with Crippen LogP contribution < -0.4 is 0 Å². The smallest absolute Gasteiger partial charge is 0.254 e. The first kappa shape index (κ1) is 16.7. The molecule has 3 aromatic rings. The molecule has 1 aromatic carbocycles. The lowest BCUT2D eigenvalue weighted by molar-refractivity contribution is -0.109. The van der Waals surface area contributed by atoms with Gasteiger partial charge >= 0.3 is 0 Å². The van der Waals surface area contributed by atoms with Crippen molar-refractivity contribution in [3.8, 4) is 11.4 Å². The van der Waals surface area contributed by atoms with E-state index in [1.807, 2.05) is 56.7 Å². The Morgan fingerprint density at radius 2 is 2.04 bits per heavy atom. The maximum atomic E-state index is 13.2. The Bertz CT molecular complexity index is 975. The van der Waals surface area contributed by atoms with Gasteiger partial charge in [0.25, 0.3) is 5.91 Å². The number of amides is 1. The van der Waals surface area contributed by atoms with Crippen LogP contribution in [0, 0.1) is 5.41 Å². The highest BCUT2D eigenvalue weighted by atomic mass is 16.5. The third kappa shape index (κ3) is 2.97. The lowest BCUT2D eigenvalue weighted by Gasteiger charge is -2.40. The molecule has 1 fully saturated rings. The van der Waals surface area contributed by atoms with E-state index in [1.165, 1.54) is 0 Å². The molecule has 1 aliphatic rings. The van der Waals surface area contributed by atoms with Gasteiger partial charge in [0.15, 0.2) is 0 Å². The predicted octanol–water partition coefficient (Wildman–Crippen LogP) is 2.74. The number of benzene rings is 1. The number of pyridine rings is 1. The SMILES string of the molecule is CN(CC1(C)COC1)C(=O)c1cc(-c2ccn(C)n2)nc2ccccc12. The summed E-state index contributed by atoms with van der Waals surface area (Å²) in [5, 5.41) is 5.29. The molecule has 3 heterocycles. The van der Waals surface area contributed by atoms with Gasteiger partial charge in [0.1, 0.15) is 5.69 Å². The van der Waals surface area contributed by atoms with Gasteiger partial charge in [-0.05, 0) is 18.2 Å². The van der Waals surface area contributed by atoms with Gasteiger partial charge in [-0.2, -0.15) is 5.10 Å². The molecule has 0 aliphatic carbocycles. The van der Waals surface area contributed by atoms with E-state index in [4.69, 9.17) is 9.72 Å². The zero-order chi connectivity index (χ0) is 18.3. The van der Waals surface area contributed by atoms with Crippen molar-refractivity contribution in [2.75, 3.05) is 26.8 Å². The van der Waals surface area contributed by atoms with Crippen molar-refractivity contribution < 1.29 is 9.53 Å². The Morgan fingerprint density at radius 1 is 1.27 bits per heavy atom. The fourth-order valence-corrected chi connectivity index (χ4v) is 3.43. The maximum absolute atomic E-state index is 13.2. The topological polar surface area (TPSA) is 60.2 Å². The number of rotatable bonds is 4. The highest BCUT2D eigenvalue weighted by Gasteiger charge is 2.36. The fourth-order valence-electron chi connectivity index (χ4n) is 3.43. The number of aromatic nitrogens is 3. The van der Waals surface area contributed by atoms with Gasteiger partial charge in [-0.25, -0.2) is 4.98 Å². The first-order valence-corrected chi connectivity index (χ1v) is 8.68. The predicted molar refractivity (Wildman–Crippen MR) is 99.8 cm³/mol. The van der Waals surface area contributed by atoms with Crippen LogP contribution in [0.4, 0.5) is 0 Å². The number of fused-ring (bicyclic) bond motifs is 1. The molecule has 4 rings (SSSR count). The summed E-state index contributed by atoms with van der Waals surface area (Å²) in [7, 11) is 3.72. The quantitative estimate of drug-likeness (QED) is 0.726. The van der Waals surface area contributed by atoms with Gasteiger partial charge in [-0.15, -0.1) is 0 Å². The van der Waals surface area contributed by atoms with Crippen molar-refractivity contribution in [1.82, 2.24) is 19.7 Å². The molecule has 0 spiro atoms. The zero-order valence-electron chi connectivity index (χ0n) is 15.3. The molecule has 2 aromatic heterocycles. The molecule has 0 bridgehead atoms. The zero-order valence-corrected chi connectivity index (χ0v) is 15.3. The van der Waals surface area contributed by atoms with Gasteiger partial charge in [-0.3, -0.25) is 9.48 Å². The summed E-state index contributed by atoms with van der Waals surface area (Å²) in [4.78, 5) is 19.7. The highest BCUT2D eigenvalue weighted by molar-refractivity contribution is 6.07. The van der Waals surface area contributed by atoms with E-state index >= 15 is 0 Å². The molecule has 134 valence electrons. The average Bonchev–Trinajstić information content (AvgIpc) is 3.05. The summed E-state index contributed by atoms with van der Waals surface area (Å²) in [6.45, 7) is 4.20. The summed E-state index contributed by atoms with van der Waals surface area (Å²) >= 11 is 0. The van der Waals surface area contributed by atoms with Crippen LogP contribution in [0.25, 0.3) is 22.3 Å². The molecule has 26 heavy (non-hydrogen) atoms. The molecular weight excluding hydrogens is 328 g/mol. The third-order valence-corrected chi connectivity index (χ3v) is 4.79. The van der Waals surface area contributed by atoms with Crippen LogP contribution in [-0.2, 0) is 11.8 Å². The van der Waals surface area contributed by atoms with Crippen LogP contribution in [0.1, 0.15) is 17.3 Å². The lowest BCUT2D eigenvalue weighted by atomic mass is 9.88. The van der Waals surface area contributed by atoms with Crippen LogP contribution in [0.15, 0.2) is 42.6 Å². The van der Waals surface area contributed by atoms with Crippen molar-refractivity contribution >= 4 is 16.8 Å². The van der Waals surface area contributed by atoms with Gasteiger partial charge in [-0.1, -0.05) is 25.1 Å². The largest absolute Gasteiger partial charge is 0.380 e. The van der Waals surface area contributed by atoms with Crippen LogP contribution >= 0.6 is 0 Å². The van der Waals surface area contributed by atoms with Gasteiger partial charge in [0.2, 0.25) is 0 Å². The average molecular weight is 350 g/mol. The number of carbonyl (C=O) groups is 1. The minimum absolute atomic E-state index is 0.00564. The number of nitrogens with zero attached hydrogens (tertiary/aromatic N) is 4. The van der Waals surface area contributed by atoms with Crippen molar-refractivity contribution in [3.63, 3.8) is 0 Å². The molecule has 0 saturated carbocycles. The highest BCUT2D eigenvalue weighted by Crippen LogP contribution is 2.29. The minimum Gasteiger partial charge on any atom is -0.380 e. The fraction of sp³-hybridized carbons (Fsp3) is 0.350. The molecular formula is C20H22N4O2. The van der Waals surface area contributed by atoms with E-state index < -0.39 is 0 Å². The number of hydrogen-bond donors (Lipinski definition) is 0. The molecule has 0 N–H and O–H groups in total. The van der Waals surface area contributed by atoms with Crippen LogP contribution in [0.3, 0.4) is 0 Å². The Kier molecular flexibility index (Phi) is 4.00. The second-order valence-electron chi connectivity index (χ2n) is 7.41. The molecule has 1 saturated heterocycles. The number of hydrogen-bond acceptors (Lipinski definition) is 4. The van der Waals surface area contributed by atoms with Gasteiger partial charge in [0.05, 0.1) is 30.0 Å². The molecule has 0 unspecified atom stereocenters. The van der Waals surface area contributed by atoms with E-state index in [9.17, 15) is 4.79 Å². The molecule has 0 atom stereocenters. The Labute approximate surface area is 152 Å². The lowest BCUT2D eigenvalue weighted by Crippen LogP contribution is -2.49. The first-order valence-electron chi connectivity index (χ1n) is 8.68. The number of para-hydroxylation sites is 1. The van der Waals surface area contributed by atoms with E-state index in [-0.39, 0.29) is 11.3 Å². The summed E-state index contributed by atoms with van der Waals surface area (Å²) in [5.41, 5.74) is 2.96. The van der Waals surface area contributed by atoms with E-state index in [2.05, 4.69) is 12.0 Å². The van der Waals surface area contributed by atoms with Crippen molar-refractivity contribution in [1.29, 1.82) is 0 Å². The van der Waals surface area contributed by atoms with Gasteiger partial charge in [0, 0.05) is 37.6 Å². The summed E-state index contributed by atoms with van der Waals surface area (Å²) in [6.07, 6.45) is 1.87. The number of ether oxygens (including phenoxy) is 1. The summed E-state index contributed by atoms with van der Waals surface area (Å²) in [5.74, 6) is -0.00564. The Hall–Kier alpha value is -2.73. The Morgan fingerprint density at radius 3 is 2.69 bits per heavy atom. The van der Waals surface area contributed by atoms with E-state index in [0.717, 1.165) is 16.6 Å². The first-order chi connectivity index (χ1) is 12.5. The molecule has 1 amide bonds. The standard InChI is InChI=1S/C20H22N4O2/c1-20(12-26-13-20)11-23(2)19(25)15-10-18(17-8-9-24(3)22-17)21-16-7-5-4-6-14(15)16/h4-10H,11-13H2,1-3H3. The Balaban J connectivity index is 1.76. The molecule has 0 radical (unpaired) electrons. The van der Waals surface area contributed by atoms with E-state index in [1.54, 1.807) is 9.58 Å². The third-order valence-electron chi connectivity index (χ3n) is 4.79. The molecule has 6 heteroatoms. The molecule has 1 aliphatic heterocycles. The van der Waals surface area contributed by atoms with Crippen molar-refractivity contribution in [2.45, 2.75) is 6.92 Å². The van der Waals surface area contributed by atoms with Crippen molar-refractivity contribution in [3.05, 3.63) is 48.2 Å². The van der Waals surface area contributed by atoms with Gasteiger partial charge < -0.3 is 9.64 Å². The van der Waals surface area contributed by atoms with Crippen LogP contribution in [0.5, 0.6) is 0 Å². The number of aryl methyl sites for hydroxylation is 1. The number of carbonyl (C=O) groups excluding carboxylic acids is 1. The second kappa shape index (κ2) is 6.21. The monoisotopic (exact) mass is 350 g/mol. The summed E-state index contributed by atoms with van der Waals surface area (Å²) in [6, 6.07) is 11.5. The van der Waals surface area contributed by atoms with Crippen LogP contribution in [-0.4, -0.2) is 52.4 Å². The normalized spacial score (nSPS) is 15.7. The second-order valence-corrected chi connectivity index (χ2v) is 7.41. The maximum Gasteiger partial charge on any atom is 0.254 e. The van der Waals surface area contributed by atoms with Crippen molar-refractivity contribution in [2.24, 2.45) is 12.5 Å². The minimum atomic E-state index is -0.00564.